The number of hydrogen-bond acceptors (Lipinski definition) is 3. The highest BCUT2D eigenvalue weighted by molar-refractivity contribution is 5.62. The summed E-state index contributed by atoms with van der Waals surface area (Å²) < 4.78 is 1.87. The highest BCUT2D eigenvalue weighted by atomic mass is 16.3. The zero-order valence-corrected chi connectivity index (χ0v) is 13.6. The van der Waals surface area contributed by atoms with Gasteiger partial charge >= 0.3 is 0 Å². The molecule has 0 atom stereocenters. The van der Waals surface area contributed by atoms with E-state index in [2.05, 4.69) is 46.7 Å². The zero-order valence-electron chi connectivity index (χ0n) is 13.6. The van der Waals surface area contributed by atoms with Crippen LogP contribution in [-0.4, -0.2) is 20.1 Å². The van der Waals surface area contributed by atoms with Crippen molar-refractivity contribution in [2.75, 3.05) is 0 Å². The standard InChI is InChI=1S/C20H21N3O/c24-14-19-20(18-11-9-17(10-12-18)16-7-4-8-16)23(22-21-19)13-15-5-2-1-3-6-15/h1-3,5-6,9-12,16,24H,4,7-8,13-14H2. The lowest BCUT2D eigenvalue weighted by Crippen LogP contribution is -2.08. The minimum Gasteiger partial charge on any atom is -0.390 e. The molecule has 1 aliphatic rings. The molecule has 1 aliphatic carbocycles. The van der Waals surface area contributed by atoms with E-state index in [-0.39, 0.29) is 6.61 Å². The van der Waals surface area contributed by atoms with E-state index in [4.69, 9.17) is 0 Å². The first-order valence-electron chi connectivity index (χ1n) is 8.52. The number of aromatic nitrogens is 3. The summed E-state index contributed by atoms with van der Waals surface area (Å²) in [6.07, 6.45) is 3.94. The third kappa shape index (κ3) is 2.85. The van der Waals surface area contributed by atoms with Crippen molar-refractivity contribution in [3.05, 3.63) is 71.4 Å². The van der Waals surface area contributed by atoms with Crippen molar-refractivity contribution in [3.63, 3.8) is 0 Å². The summed E-state index contributed by atoms with van der Waals surface area (Å²) in [7, 11) is 0. The van der Waals surface area contributed by atoms with Crippen LogP contribution in [0.5, 0.6) is 0 Å². The molecule has 4 heteroatoms. The molecule has 0 amide bonds. The minimum atomic E-state index is -0.103. The molecule has 0 unspecified atom stereocenters. The van der Waals surface area contributed by atoms with Gasteiger partial charge < -0.3 is 5.11 Å². The van der Waals surface area contributed by atoms with Crippen LogP contribution in [0.3, 0.4) is 0 Å². The van der Waals surface area contributed by atoms with Crippen LogP contribution in [0.1, 0.15) is 42.0 Å². The van der Waals surface area contributed by atoms with E-state index in [1.807, 2.05) is 22.9 Å². The second-order valence-corrected chi connectivity index (χ2v) is 6.44. The summed E-state index contributed by atoms with van der Waals surface area (Å²) in [5, 5.41) is 18.0. The van der Waals surface area contributed by atoms with Crippen molar-refractivity contribution in [3.8, 4) is 11.3 Å². The van der Waals surface area contributed by atoms with Gasteiger partial charge in [0.2, 0.25) is 0 Å². The summed E-state index contributed by atoms with van der Waals surface area (Å²) in [6, 6.07) is 18.9. The molecular weight excluding hydrogens is 298 g/mol. The van der Waals surface area contributed by atoms with Crippen LogP contribution in [0.15, 0.2) is 54.6 Å². The van der Waals surface area contributed by atoms with Gasteiger partial charge in [0.1, 0.15) is 5.69 Å². The molecule has 1 N–H and O–H groups in total. The second-order valence-electron chi connectivity index (χ2n) is 6.44. The van der Waals surface area contributed by atoms with Gasteiger partial charge in [0, 0.05) is 5.56 Å². The van der Waals surface area contributed by atoms with Crippen LogP contribution in [0.2, 0.25) is 0 Å². The van der Waals surface area contributed by atoms with Gasteiger partial charge in [0.25, 0.3) is 0 Å². The largest absolute Gasteiger partial charge is 0.390 e. The average Bonchev–Trinajstić information content (AvgIpc) is 2.98. The van der Waals surface area contributed by atoms with Crippen molar-refractivity contribution < 1.29 is 5.11 Å². The number of rotatable bonds is 5. The molecule has 0 aliphatic heterocycles. The van der Waals surface area contributed by atoms with E-state index in [1.54, 1.807) is 0 Å². The molecule has 1 heterocycles. The Morgan fingerprint density at radius 2 is 1.75 bits per heavy atom. The first-order valence-corrected chi connectivity index (χ1v) is 8.52. The van der Waals surface area contributed by atoms with Gasteiger partial charge in [0.15, 0.2) is 0 Å². The molecule has 0 saturated heterocycles. The monoisotopic (exact) mass is 319 g/mol. The van der Waals surface area contributed by atoms with E-state index in [0.29, 0.717) is 12.2 Å². The lowest BCUT2D eigenvalue weighted by atomic mass is 9.80. The predicted octanol–water partition coefficient (Wildman–Crippen LogP) is 3.75. The molecule has 4 rings (SSSR count). The Balaban J connectivity index is 1.66. The van der Waals surface area contributed by atoms with Crippen molar-refractivity contribution in [1.82, 2.24) is 15.0 Å². The van der Waals surface area contributed by atoms with E-state index < -0.39 is 0 Å². The number of aliphatic hydroxyl groups is 1. The first kappa shape index (κ1) is 15.1. The Kier molecular flexibility index (Phi) is 4.13. The fraction of sp³-hybridized carbons (Fsp3) is 0.300. The Bertz CT molecular complexity index is 805. The quantitative estimate of drug-likeness (QED) is 0.779. The molecule has 0 bridgehead atoms. The van der Waals surface area contributed by atoms with E-state index in [0.717, 1.165) is 17.2 Å². The lowest BCUT2D eigenvalue weighted by Gasteiger charge is -2.25. The molecule has 1 aromatic heterocycles. The van der Waals surface area contributed by atoms with Crippen molar-refractivity contribution in [2.45, 2.75) is 38.3 Å². The van der Waals surface area contributed by atoms with Gasteiger partial charge in [-0.25, -0.2) is 4.68 Å². The van der Waals surface area contributed by atoms with Gasteiger partial charge in [-0.2, -0.15) is 0 Å². The molecule has 2 aromatic carbocycles. The average molecular weight is 319 g/mol. The number of aliphatic hydroxyl groups excluding tert-OH is 1. The Morgan fingerprint density at radius 1 is 1.00 bits per heavy atom. The molecule has 0 spiro atoms. The first-order chi connectivity index (χ1) is 11.8. The summed E-state index contributed by atoms with van der Waals surface area (Å²) in [4.78, 5) is 0. The van der Waals surface area contributed by atoms with Crippen molar-refractivity contribution in [2.24, 2.45) is 0 Å². The van der Waals surface area contributed by atoms with Gasteiger partial charge in [-0.05, 0) is 29.9 Å². The number of hydrogen-bond donors (Lipinski definition) is 1. The maximum atomic E-state index is 9.63. The highest BCUT2D eigenvalue weighted by Gasteiger charge is 2.20. The van der Waals surface area contributed by atoms with E-state index in [9.17, 15) is 5.11 Å². The lowest BCUT2D eigenvalue weighted by molar-refractivity contribution is 0.277. The fourth-order valence-corrected chi connectivity index (χ4v) is 3.29. The second kappa shape index (κ2) is 6.57. The van der Waals surface area contributed by atoms with Gasteiger partial charge in [-0.15, -0.1) is 5.10 Å². The third-order valence-electron chi connectivity index (χ3n) is 4.89. The predicted molar refractivity (Wildman–Crippen MR) is 93.5 cm³/mol. The molecule has 24 heavy (non-hydrogen) atoms. The SMILES string of the molecule is OCc1nnn(Cc2ccccc2)c1-c1ccc(C2CCC2)cc1. The van der Waals surface area contributed by atoms with Crippen LogP contribution in [0.4, 0.5) is 0 Å². The fourth-order valence-electron chi connectivity index (χ4n) is 3.29. The van der Waals surface area contributed by atoms with Crippen LogP contribution >= 0.6 is 0 Å². The summed E-state index contributed by atoms with van der Waals surface area (Å²) in [6.45, 7) is 0.544. The molecule has 3 aromatic rings. The molecule has 122 valence electrons. The maximum Gasteiger partial charge on any atom is 0.116 e. The minimum absolute atomic E-state index is 0.103. The summed E-state index contributed by atoms with van der Waals surface area (Å²) in [5.74, 6) is 0.726. The van der Waals surface area contributed by atoms with Crippen molar-refractivity contribution >= 4 is 0 Å². The van der Waals surface area contributed by atoms with Crippen LogP contribution in [0, 0.1) is 0 Å². The normalized spacial score (nSPS) is 14.5. The summed E-state index contributed by atoms with van der Waals surface area (Å²) in [5.41, 5.74) is 5.17. The van der Waals surface area contributed by atoms with E-state index >= 15 is 0 Å². The third-order valence-corrected chi connectivity index (χ3v) is 4.89. The summed E-state index contributed by atoms with van der Waals surface area (Å²) >= 11 is 0. The number of nitrogens with zero attached hydrogens (tertiary/aromatic N) is 3. The zero-order chi connectivity index (χ0) is 16.4. The Hall–Kier alpha value is -2.46. The molecule has 0 radical (unpaired) electrons. The van der Waals surface area contributed by atoms with Crippen molar-refractivity contribution in [1.29, 1.82) is 0 Å². The Labute approximate surface area is 141 Å². The van der Waals surface area contributed by atoms with E-state index in [1.165, 1.54) is 30.4 Å². The molecule has 4 nitrogen and oxygen atoms in total. The molecule has 1 saturated carbocycles. The van der Waals surface area contributed by atoms with Gasteiger partial charge in [0.05, 0.1) is 18.8 Å². The van der Waals surface area contributed by atoms with Gasteiger partial charge in [-0.3, -0.25) is 0 Å². The smallest absolute Gasteiger partial charge is 0.116 e. The highest BCUT2D eigenvalue weighted by Crippen LogP contribution is 2.37. The Morgan fingerprint density at radius 3 is 2.38 bits per heavy atom. The van der Waals surface area contributed by atoms with Crippen LogP contribution < -0.4 is 0 Å². The van der Waals surface area contributed by atoms with Crippen LogP contribution in [-0.2, 0) is 13.2 Å². The molecular formula is C20H21N3O. The van der Waals surface area contributed by atoms with Crippen LogP contribution in [0.25, 0.3) is 11.3 Å². The topological polar surface area (TPSA) is 50.9 Å². The maximum absolute atomic E-state index is 9.63. The number of benzene rings is 2. The van der Waals surface area contributed by atoms with Gasteiger partial charge in [-0.1, -0.05) is 66.2 Å². The molecule has 1 fully saturated rings.